The van der Waals surface area contributed by atoms with Gasteiger partial charge in [0.15, 0.2) is 0 Å². The maximum absolute atomic E-state index is 12.6. The van der Waals surface area contributed by atoms with Gasteiger partial charge >= 0.3 is 187 Å². The second-order valence-corrected chi connectivity index (χ2v) is 13.1. The van der Waals surface area contributed by atoms with Crippen LogP contribution in [0.5, 0.6) is 0 Å². The molecule has 0 aromatic heterocycles. The van der Waals surface area contributed by atoms with Crippen LogP contribution >= 0.6 is 0 Å². The van der Waals surface area contributed by atoms with E-state index in [9.17, 15) is 4.79 Å². The third kappa shape index (κ3) is 3.47. The standard InChI is InChI=1S/C25H35NO3Se/c1-23(2)18-14-16-24(23,3)21(26-29-22(27)17-11-7-6-8-12-17)20(18)30-19-13-9-10-15-25(19,4)28-5/h6-8,11-12,18-20H,9-10,13-16H2,1-5H3/b26-21-/t18-,19?,20+,24+,25?/m1/s1. The molecule has 4 nitrogen and oxygen atoms in total. The Balaban J connectivity index is 1.62. The van der Waals surface area contributed by atoms with Gasteiger partial charge in [0.05, 0.1) is 0 Å². The van der Waals surface area contributed by atoms with Crippen LogP contribution in [0.2, 0.25) is 9.63 Å². The van der Waals surface area contributed by atoms with Gasteiger partial charge in [-0.15, -0.1) is 0 Å². The van der Waals surface area contributed by atoms with Crippen molar-refractivity contribution in [3.8, 4) is 0 Å². The summed E-state index contributed by atoms with van der Waals surface area (Å²) >= 11 is 0.364. The fraction of sp³-hybridized carbons (Fsp3) is 0.680. The van der Waals surface area contributed by atoms with Gasteiger partial charge in [-0.05, 0) is 0 Å². The molecular weight excluding hydrogens is 441 g/mol. The number of oxime groups is 1. The van der Waals surface area contributed by atoms with Gasteiger partial charge < -0.3 is 0 Å². The Bertz CT molecular complexity index is 823. The van der Waals surface area contributed by atoms with Crippen molar-refractivity contribution in [3.63, 3.8) is 0 Å². The fourth-order valence-electron chi connectivity index (χ4n) is 5.95. The molecule has 2 bridgehead atoms. The minimum absolute atomic E-state index is 0.000802. The third-order valence-electron chi connectivity index (χ3n) is 8.59. The number of rotatable bonds is 5. The second kappa shape index (κ2) is 8.07. The number of ether oxygens (including phenoxy) is 1. The molecule has 5 heteroatoms. The van der Waals surface area contributed by atoms with Crippen molar-refractivity contribution >= 4 is 26.6 Å². The zero-order valence-electron chi connectivity index (χ0n) is 18.9. The van der Waals surface area contributed by atoms with Crippen LogP contribution in [0.3, 0.4) is 0 Å². The summed E-state index contributed by atoms with van der Waals surface area (Å²) in [7, 11) is 1.87. The topological polar surface area (TPSA) is 47.9 Å². The molecule has 0 N–H and O–H groups in total. The molecule has 3 saturated carbocycles. The van der Waals surface area contributed by atoms with Crippen LogP contribution in [0.15, 0.2) is 35.5 Å². The Kier molecular flexibility index (Phi) is 5.93. The Morgan fingerprint density at radius 1 is 1.07 bits per heavy atom. The molecule has 1 aromatic carbocycles. The normalized spacial score (nSPS) is 38.7. The number of hydrogen-bond donors (Lipinski definition) is 0. The summed E-state index contributed by atoms with van der Waals surface area (Å²) in [5.74, 6) is 0.248. The average Bonchev–Trinajstić information content (AvgIpc) is 3.06. The first kappa shape index (κ1) is 22.0. The molecule has 3 fully saturated rings. The van der Waals surface area contributed by atoms with Gasteiger partial charge in [-0.25, -0.2) is 0 Å². The summed E-state index contributed by atoms with van der Waals surface area (Å²) < 4.78 is 6.04. The van der Waals surface area contributed by atoms with Gasteiger partial charge in [0.2, 0.25) is 0 Å². The molecule has 0 amide bonds. The van der Waals surface area contributed by atoms with Gasteiger partial charge in [-0.3, -0.25) is 0 Å². The van der Waals surface area contributed by atoms with Crippen LogP contribution in [-0.2, 0) is 9.57 Å². The Morgan fingerprint density at radius 2 is 1.80 bits per heavy atom. The van der Waals surface area contributed by atoms with Crippen LogP contribution < -0.4 is 0 Å². The van der Waals surface area contributed by atoms with Gasteiger partial charge in [0.1, 0.15) is 0 Å². The molecule has 3 aliphatic carbocycles. The molecule has 2 unspecified atom stereocenters. The third-order valence-corrected chi connectivity index (χ3v) is 12.6. The van der Waals surface area contributed by atoms with E-state index in [0.29, 0.717) is 36.1 Å². The molecule has 30 heavy (non-hydrogen) atoms. The molecule has 164 valence electrons. The number of nitrogens with zero attached hydrogens (tertiary/aromatic N) is 1. The maximum atomic E-state index is 12.6. The van der Waals surface area contributed by atoms with Crippen LogP contribution in [0, 0.1) is 16.7 Å². The molecule has 0 aliphatic heterocycles. The quantitative estimate of drug-likeness (QED) is 0.301. The number of fused-ring (bicyclic) bond motifs is 2. The minimum atomic E-state index is -0.363. The zero-order valence-corrected chi connectivity index (χ0v) is 20.7. The van der Waals surface area contributed by atoms with Crippen molar-refractivity contribution in [2.45, 2.75) is 81.5 Å². The van der Waals surface area contributed by atoms with Crippen LogP contribution in [-0.4, -0.2) is 39.3 Å². The number of carbonyl (C=O) groups is 1. The molecule has 3 aliphatic rings. The average molecular weight is 477 g/mol. The predicted molar refractivity (Wildman–Crippen MR) is 121 cm³/mol. The van der Waals surface area contributed by atoms with Crippen molar-refractivity contribution < 1.29 is 14.4 Å². The SMILES string of the molecule is COC1(C)CCCCC1[Se][C@@H]1/C(=N/OC(=O)c2ccccc2)[C@]2(C)CC[C@H]1C2(C)C. The molecule has 1 aromatic rings. The first-order valence-corrected chi connectivity index (χ1v) is 13.3. The van der Waals surface area contributed by atoms with E-state index in [0.717, 1.165) is 18.6 Å². The molecule has 0 heterocycles. The first-order valence-electron chi connectivity index (χ1n) is 11.3. The predicted octanol–water partition coefficient (Wildman–Crippen LogP) is 5.92. The number of carbonyl (C=O) groups excluding carboxylic acids is 1. The number of methoxy groups -OCH3 is 1. The van der Waals surface area contributed by atoms with Crippen LogP contribution in [0.1, 0.15) is 76.6 Å². The van der Waals surface area contributed by atoms with Crippen molar-refractivity contribution in [1.82, 2.24) is 0 Å². The zero-order chi connectivity index (χ0) is 21.6. The van der Waals surface area contributed by atoms with Gasteiger partial charge in [-0.2, -0.15) is 0 Å². The Hall–Kier alpha value is -1.16. The summed E-state index contributed by atoms with van der Waals surface area (Å²) in [5.41, 5.74) is 1.83. The Morgan fingerprint density at radius 3 is 2.50 bits per heavy atom. The van der Waals surface area contributed by atoms with E-state index in [4.69, 9.17) is 9.57 Å². The van der Waals surface area contributed by atoms with E-state index >= 15 is 0 Å². The summed E-state index contributed by atoms with van der Waals surface area (Å²) in [6, 6.07) is 9.17. The molecular formula is C25H35NO3Se. The molecule has 0 spiro atoms. The van der Waals surface area contributed by atoms with E-state index < -0.39 is 0 Å². The molecule has 0 saturated heterocycles. The van der Waals surface area contributed by atoms with Gasteiger partial charge in [-0.1, -0.05) is 0 Å². The van der Waals surface area contributed by atoms with E-state index in [-0.39, 0.29) is 22.4 Å². The van der Waals surface area contributed by atoms with E-state index in [1.807, 2.05) is 25.3 Å². The van der Waals surface area contributed by atoms with E-state index in [2.05, 4.69) is 32.9 Å². The first-order chi connectivity index (χ1) is 14.2. The fourth-order valence-corrected chi connectivity index (χ4v) is 10.7. The summed E-state index contributed by atoms with van der Waals surface area (Å²) in [5, 5.41) is 4.61. The van der Waals surface area contributed by atoms with Crippen LogP contribution in [0.4, 0.5) is 0 Å². The monoisotopic (exact) mass is 477 g/mol. The summed E-state index contributed by atoms with van der Waals surface area (Å²) in [4.78, 5) is 19.1. The van der Waals surface area contributed by atoms with Gasteiger partial charge in [0.25, 0.3) is 0 Å². The molecule has 5 atom stereocenters. The van der Waals surface area contributed by atoms with Crippen molar-refractivity contribution in [2.24, 2.45) is 21.9 Å². The second-order valence-electron chi connectivity index (χ2n) is 10.2. The Labute approximate surface area is 187 Å². The van der Waals surface area contributed by atoms with Gasteiger partial charge in [0, 0.05) is 0 Å². The number of hydrogen-bond acceptors (Lipinski definition) is 4. The van der Waals surface area contributed by atoms with Crippen molar-refractivity contribution in [2.75, 3.05) is 7.11 Å². The summed E-state index contributed by atoms with van der Waals surface area (Å²) in [6.07, 6.45) is 7.30. The van der Waals surface area contributed by atoms with E-state index in [1.165, 1.54) is 25.7 Å². The number of benzene rings is 1. The van der Waals surface area contributed by atoms with Crippen molar-refractivity contribution in [1.29, 1.82) is 0 Å². The molecule has 4 rings (SSSR count). The molecule has 0 radical (unpaired) electrons. The summed E-state index contributed by atoms with van der Waals surface area (Å²) in [6.45, 7) is 9.43. The van der Waals surface area contributed by atoms with Crippen LogP contribution in [0.25, 0.3) is 0 Å². The van der Waals surface area contributed by atoms with Crippen molar-refractivity contribution in [3.05, 3.63) is 35.9 Å². The van der Waals surface area contributed by atoms with E-state index in [1.54, 1.807) is 12.1 Å².